The van der Waals surface area contributed by atoms with Crippen LogP contribution in [0.4, 0.5) is 14.9 Å². The molecule has 1 aromatic carbocycles. The molecule has 2 aliphatic heterocycles. The third-order valence-electron chi connectivity index (χ3n) is 5.97. The summed E-state index contributed by atoms with van der Waals surface area (Å²) in [5, 5.41) is 12.0. The summed E-state index contributed by atoms with van der Waals surface area (Å²) < 4.78 is 19.8. The number of carbonyl (C=O) groups excluding carboxylic acids is 2. The number of piperidine rings is 1. The lowest BCUT2D eigenvalue weighted by Gasteiger charge is -2.38. The Morgan fingerprint density at radius 2 is 1.88 bits per heavy atom. The quantitative estimate of drug-likeness (QED) is 0.794. The number of nitrogens with zero attached hydrogens (tertiary/aromatic N) is 4. The van der Waals surface area contributed by atoms with Crippen LogP contribution in [0.2, 0.25) is 0 Å². The number of nitriles is 1. The summed E-state index contributed by atoms with van der Waals surface area (Å²) in [5.74, 6) is 0.417. The van der Waals surface area contributed by atoms with Gasteiger partial charge in [0.1, 0.15) is 11.6 Å². The molecule has 0 spiro atoms. The molecule has 0 saturated carbocycles. The standard InChI is InChI=1S/C23H26FN5O3/c1-16-4-7-21(32-16)22(30)27-9-11-28(12-10-27)23(31)26-18-3-2-8-29(15-18)20-6-5-17(14-25)13-19(20)24/h4-7,13,18H,2-3,8-12,15H2,1H3,(H,26,31). The predicted molar refractivity (Wildman–Crippen MR) is 116 cm³/mol. The van der Waals surface area contributed by atoms with Crippen LogP contribution in [0.25, 0.3) is 0 Å². The molecule has 0 radical (unpaired) electrons. The lowest BCUT2D eigenvalue weighted by atomic mass is 10.0. The van der Waals surface area contributed by atoms with Crippen molar-refractivity contribution in [3.63, 3.8) is 0 Å². The zero-order valence-corrected chi connectivity index (χ0v) is 18.0. The van der Waals surface area contributed by atoms with Gasteiger partial charge in [-0.05, 0) is 50.1 Å². The summed E-state index contributed by atoms with van der Waals surface area (Å²) in [4.78, 5) is 30.6. The van der Waals surface area contributed by atoms with E-state index in [1.165, 1.54) is 6.07 Å². The van der Waals surface area contributed by atoms with E-state index in [1.807, 2.05) is 11.0 Å². The van der Waals surface area contributed by atoms with Crippen LogP contribution in [0, 0.1) is 24.1 Å². The van der Waals surface area contributed by atoms with Crippen LogP contribution in [-0.2, 0) is 0 Å². The number of urea groups is 1. The smallest absolute Gasteiger partial charge is 0.317 e. The number of rotatable bonds is 3. The summed E-state index contributed by atoms with van der Waals surface area (Å²) >= 11 is 0. The molecule has 3 amide bonds. The second-order valence-electron chi connectivity index (χ2n) is 8.20. The van der Waals surface area contributed by atoms with Crippen molar-refractivity contribution in [1.29, 1.82) is 5.26 Å². The molecule has 2 aromatic rings. The number of furan rings is 1. The number of carbonyl (C=O) groups is 2. The molecule has 1 unspecified atom stereocenters. The monoisotopic (exact) mass is 439 g/mol. The number of halogens is 1. The van der Waals surface area contributed by atoms with Gasteiger partial charge in [-0.15, -0.1) is 0 Å². The van der Waals surface area contributed by atoms with Gasteiger partial charge >= 0.3 is 6.03 Å². The highest BCUT2D eigenvalue weighted by atomic mass is 19.1. The molecule has 3 heterocycles. The van der Waals surface area contributed by atoms with Gasteiger partial charge in [-0.3, -0.25) is 4.79 Å². The summed E-state index contributed by atoms with van der Waals surface area (Å²) in [7, 11) is 0. The second kappa shape index (κ2) is 9.30. The Hall–Kier alpha value is -3.54. The van der Waals surface area contributed by atoms with E-state index in [1.54, 1.807) is 41.0 Å². The minimum atomic E-state index is -0.427. The first-order valence-electron chi connectivity index (χ1n) is 10.8. The van der Waals surface area contributed by atoms with Crippen molar-refractivity contribution >= 4 is 17.6 Å². The number of hydrogen-bond donors (Lipinski definition) is 1. The first kappa shape index (κ1) is 21.7. The Labute approximate surface area is 186 Å². The fourth-order valence-corrected chi connectivity index (χ4v) is 4.23. The molecular weight excluding hydrogens is 413 g/mol. The van der Waals surface area contributed by atoms with Gasteiger partial charge in [0.25, 0.3) is 5.91 Å². The average Bonchev–Trinajstić information content (AvgIpc) is 3.25. The van der Waals surface area contributed by atoms with Crippen LogP contribution < -0.4 is 10.2 Å². The van der Waals surface area contributed by atoms with Gasteiger partial charge in [0.05, 0.1) is 17.3 Å². The number of aryl methyl sites for hydroxylation is 1. The van der Waals surface area contributed by atoms with Gasteiger partial charge < -0.3 is 24.4 Å². The van der Waals surface area contributed by atoms with E-state index < -0.39 is 5.82 Å². The van der Waals surface area contributed by atoms with E-state index in [0.717, 1.165) is 12.8 Å². The topological polar surface area (TPSA) is 92.8 Å². The Bertz CT molecular complexity index is 1040. The zero-order valence-electron chi connectivity index (χ0n) is 18.0. The SMILES string of the molecule is Cc1ccc(C(=O)N2CCN(C(=O)NC3CCCN(c4ccc(C#N)cc4F)C3)CC2)o1. The van der Waals surface area contributed by atoms with Gasteiger partial charge in [0.15, 0.2) is 5.76 Å². The highest BCUT2D eigenvalue weighted by Gasteiger charge is 2.29. The maximum atomic E-state index is 14.4. The Kier molecular flexibility index (Phi) is 6.30. The third kappa shape index (κ3) is 4.69. The molecule has 0 bridgehead atoms. The van der Waals surface area contributed by atoms with Crippen LogP contribution >= 0.6 is 0 Å². The van der Waals surface area contributed by atoms with E-state index in [2.05, 4.69) is 5.32 Å². The molecule has 168 valence electrons. The van der Waals surface area contributed by atoms with Gasteiger partial charge in [0.2, 0.25) is 0 Å². The minimum Gasteiger partial charge on any atom is -0.456 e. The van der Waals surface area contributed by atoms with Crippen molar-refractivity contribution in [1.82, 2.24) is 15.1 Å². The first-order valence-corrected chi connectivity index (χ1v) is 10.8. The maximum absolute atomic E-state index is 14.4. The Balaban J connectivity index is 1.29. The number of benzene rings is 1. The molecular formula is C23H26FN5O3. The highest BCUT2D eigenvalue weighted by Crippen LogP contribution is 2.24. The van der Waals surface area contributed by atoms with Crippen LogP contribution in [0.15, 0.2) is 34.7 Å². The molecule has 1 atom stereocenters. The van der Waals surface area contributed by atoms with Crippen LogP contribution in [0.5, 0.6) is 0 Å². The Morgan fingerprint density at radius 3 is 2.53 bits per heavy atom. The third-order valence-corrected chi connectivity index (χ3v) is 5.97. The summed E-state index contributed by atoms with van der Waals surface area (Å²) in [5.41, 5.74) is 0.733. The number of nitrogens with one attached hydrogen (secondary N) is 1. The van der Waals surface area contributed by atoms with Gasteiger partial charge in [-0.25, -0.2) is 9.18 Å². The fourth-order valence-electron chi connectivity index (χ4n) is 4.23. The molecule has 9 heteroatoms. The number of hydrogen-bond acceptors (Lipinski definition) is 5. The van der Waals surface area contributed by atoms with Gasteiger partial charge in [-0.1, -0.05) is 0 Å². The molecule has 1 N–H and O–H groups in total. The van der Waals surface area contributed by atoms with Gasteiger partial charge in [-0.2, -0.15) is 5.26 Å². The van der Waals surface area contributed by atoms with Gasteiger partial charge in [0, 0.05) is 45.3 Å². The van der Waals surface area contributed by atoms with Crippen molar-refractivity contribution < 1.29 is 18.4 Å². The van der Waals surface area contributed by atoms with E-state index >= 15 is 0 Å². The summed E-state index contributed by atoms with van der Waals surface area (Å²) in [6.45, 7) is 4.77. The summed E-state index contributed by atoms with van der Waals surface area (Å²) in [6.07, 6.45) is 1.64. The summed E-state index contributed by atoms with van der Waals surface area (Å²) in [6, 6.07) is 9.56. The van der Waals surface area contributed by atoms with Crippen molar-refractivity contribution in [2.45, 2.75) is 25.8 Å². The van der Waals surface area contributed by atoms with Crippen LogP contribution in [-0.4, -0.2) is 67.0 Å². The van der Waals surface area contributed by atoms with E-state index in [-0.39, 0.29) is 23.5 Å². The van der Waals surface area contributed by atoms with Crippen molar-refractivity contribution in [2.75, 3.05) is 44.2 Å². The van der Waals surface area contributed by atoms with E-state index in [0.29, 0.717) is 56.5 Å². The maximum Gasteiger partial charge on any atom is 0.317 e. The number of amides is 3. The molecule has 1 aromatic heterocycles. The normalized spacial score (nSPS) is 18.9. The van der Waals surface area contributed by atoms with Crippen LogP contribution in [0.1, 0.15) is 34.7 Å². The molecule has 32 heavy (non-hydrogen) atoms. The number of anilines is 1. The largest absolute Gasteiger partial charge is 0.456 e. The van der Waals surface area contributed by atoms with Crippen molar-refractivity contribution in [3.05, 3.63) is 53.2 Å². The molecule has 0 aliphatic carbocycles. The minimum absolute atomic E-state index is 0.1000. The van der Waals surface area contributed by atoms with Crippen LogP contribution in [0.3, 0.4) is 0 Å². The molecule has 2 fully saturated rings. The molecule has 4 rings (SSSR count). The van der Waals surface area contributed by atoms with Crippen molar-refractivity contribution in [3.8, 4) is 6.07 Å². The zero-order chi connectivity index (χ0) is 22.7. The lowest BCUT2D eigenvalue weighted by molar-refractivity contribution is 0.0631. The first-order chi connectivity index (χ1) is 15.4. The Morgan fingerprint density at radius 1 is 1.12 bits per heavy atom. The second-order valence-corrected chi connectivity index (χ2v) is 8.20. The number of piperazine rings is 1. The fraction of sp³-hybridized carbons (Fsp3) is 0.435. The molecule has 2 saturated heterocycles. The lowest BCUT2D eigenvalue weighted by Crippen LogP contribution is -2.56. The highest BCUT2D eigenvalue weighted by molar-refractivity contribution is 5.91. The van der Waals surface area contributed by atoms with Crippen molar-refractivity contribution in [2.24, 2.45) is 0 Å². The predicted octanol–water partition coefficient (Wildman–Crippen LogP) is 2.74. The van der Waals surface area contributed by atoms with E-state index in [9.17, 15) is 14.0 Å². The molecule has 8 nitrogen and oxygen atoms in total. The van der Waals surface area contributed by atoms with E-state index in [4.69, 9.17) is 9.68 Å². The molecule has 2 aliphatic rings. The average molecular weight is 439 g/mol.